The lowest BCUT2D eigenvalue weighted by molar-refractivity contribution is -0.113. The van der Waals surface area contributed by atoms with Crippen LogP contribution >= 0.6 is 23.1 Å². The molecule has 156 valence electrons. The molecule has 0 radical (unpaired) electrons. The van der Waals surface area contributed by atoms with Gasteiger partial charge in [-0.3, -0.25) is 9.36 Å². The summed E-state index contributed by atoms with van der Waals surface area (Å²) in [4.78, 5) is 13.5. The van der Waals surface area contributed by atoms with E-state index in [1.807, 2.05) is 17.5 Å². The molecular formula is C20H20N4O4S2. The van der Waals surface area contributed by atoms with Crippen LogP contribution in [-0.4, -0.2) is 45.9 Å². The van der Waals surface area contributed by atoms with Gasteiger partial charge in [-0.15, -0.1) is 21.5 Å². The maximum Gasteiger partial charge on any atom is 0.234 e. The molecule has 4 heterocycles. The van der Waals surface area contributed by atoms with Gasteiger partial charge in [0.2, 0.25) is 12.7 Å². The quantitative estimate of drug-likeness (QED) is 0.557. The van der Waals surface area contributed by atoms with E-state index < -0.39 is 0 Å². The molecule has 5 rings (SSSR count). The Morgan fingerprint density at radius 2 is 2.20 bits per heavy atom. The molecule has 1 amide bonds. The van der Waals surface area contributed by atoms with E-state index in [2.05, 4.69) is 20.1 Å². The number of benzene rings is 1. The Morgan fingerprint density at radius 3 is 3.03 bits per heavy atom. The predicted molar refractivity (Wildman–Crippen MR) is 114 cm³/mol. The number of thioether (sulfide) groups is 1. The SMILES string of the molecule is O=C(CSc1nnc(-c2cccs2)n1CC1CCCO1)Nc1ccc2c(c1)OCO2. The molecule has 2 aliphatic heterocycles. The highest BCUT2D eigenvalue weighted by Crippen LogP contribution is 2.34. The first-order chi connectivity index (χ1) is 14.8. The van der Waals surface area contributed by atoms with Gasteiger partial charge >= 0.3 is 0 Å². The second kappa shape index (κ2) is 8.66. The summed E-state index contributed by atoms with van der Waals surface area (Å²) in [7, 11) is 0. The average molecular weight is 445 g/mol. The Morgan fingerprint density at radius 1 is 1.27 bits per heavy atom. The first-order valence-electron chi connectivity index (χ1n) is 9.67. The molecule has 0 saturated carbocycles. The highest BCUT2D eigenvalue weighted by Gasteiger charge is 2.23. The lowest BCUT2D eigenvalue weighted by Crippen LogP contribution is -2.18. The van der Waals surface area contributed by atoms with Crippen LogP contribution in [0.4, 0.5) is 5.69 Å². The minimum atomic E-state index is -0.122. The van der Waals surface area contributed by atoms with Crippen molar-refractivity contribution in [1.29, 1.82) is 0 Å². The zero-order valence-electron chi connectivity index (χ0n) is 16.1. The van der Waals surface area contributed by atoms with E-state index in [-0.39, 0.29) is 24.6 Å². The number of aromatic nitrogens is 3. The summed E-state index contributed by atoms with van der Waals surface area (Å²) in [6.45, 7) is 1.68. The minimum absolute atomic E-state index is 0.122. The van der Waals surface area contributed by atoms with Gasteiger partial charge in [0, 0.05) is 18.4 Å². The molecule has 0 spiro atoms. The van der Waals surface area contributed by atoms with Crippen molar-refractivity contribution in [2.45, 2.75) is 30.6 Å². The van der Waals surface area contributed by atoms with Crippen LogP contribution in [0.5, 0.6) is 11.5 Å². The number of nitrogens with one attached hydrogen (secondary N) is 1. The number of amides is 1. The zero-order chi connectivity index (χ0) is 20.3. The number of hydrogen-bond donors (Lipinski definition) is 1. The summed E-state index contributed by atoms with van der Waals surface area (Å²) in [6.07, 6.45) is 2.25. The number of anilines is 1. The highest BCUT2D eigenvalue weighted by molar-refractivity contribution is 7.99. The Balaban J connectivity index is 1.27. The van der Waals surface area contributed by atoms with Gasteiger partial charge in [0.05, 0.1) is 23.3 Å². The second-order valence-electron chi connectivity index (χ2n) is 6.93. The fourth-order valence-corrected chi connectivity index (χ4v) is 4.91. The summed E-state index contributed by atoms with van der Waals surface area (Å²) >= 11 is 2.99. The smallest absolute Gasteiger partial charge is 0.234 e. The standard InChI is InChI=1S/C20H20N4O4S2/c25-18(21-13-5-6-15-16(9-13)28-12-27-15)11-30-20-23-22-19(17-4-2-8-29-17)24(20)10-14-3-1-7-26-14/h2,4-6,8-9,14H,1,3,7,10-12H2,(H,21,25). The van der Waals surface area contributed by atoms with E-state index in [1.165, 1.54) is 11.8 Å². The summed E-state index contributed by atoms with van der Waals surface area (Å²) < 4.78 is 18.5. The van der Waals surface area contributed by atoms with Crippen LogP contribution in [0.25, 0.3) is 10.7 Å². The molecule has 0 aliphatic carbocycles. The van der Waals surface area contributed by atoms with Crippen LogP contribution in [0, 0.1) is 0 Å². The van der Waals surface area contributed by atoms with Crippen LogP contribution in [0.15, 0.2) is 40.9 Å². The van der Waals surface area contributed by atoms with E-state index in [9.17, 15) is 4.79 Å². The largest absolute Gasteiger partial charge is 0.454 e. The molecule has 1 N–H and O–H groups in total. The van der Waals surface area contributed by atoms with Gasteiger partial charge in [0.25, 0.3) is 0 Å². The Bertz CT molecular complexity index is 1030. The van der Waals surface area contributed by atoms with Gasteiger partial charge in [-0.1, -0.05) is 17.8 Å². The molecule has 2 aromatic heterocycles. The van der Waals surface area contributed by atoms with Crippen molar-refractivity contribution in [3.8, 4) is 22.2 Å². The first-order valence-corrected chi connectivity index (χ1v) is 11.5. The molecule has 1 fully saturated rings. The van der Waals surface area contributed by atoms with Crippen LogP contribution in [-0.2, 0) is 16.1 Å². The Labute approximate surface area is 181 Å². The van der Waals surface area contributed by atoms with Crippen molar-refractivity contribution in [2.75, 3.05) is 24.5 Å². The fraction of sp³-hybridized carbons (Fsp3) is 0.350. The van der Waals surface area contributed by atoms with E-state index in [4.69, 9.17) is 14.2 Å². The van der Waals surface area contributed by atoms with Crippen LogP contribution in [0.3, 0.4) is 0 Å². The maximum absolute atomic E-state index is 12.5. The van der Waals surface area contributed by atoms with E-state index in [1.54, 1.807) is 29.5 Å². The van der Waals surface area contributed by atoms with Gasteiger partial charge in [-0.2, -0.15) is 0 Å². The third-order valence-corrected chi connectivity index (χ3v) is 6.69. The molecule has 1 saturated heterocycles. The number of rotatable bonds is 7. The summed E-state index contributed by atoms with van der Waals surface area (Å²) in [5.74, 6) is 2.24. The summed E-state index contributed by atoms with van der Waals surface area (Å²) in [6, 6.07) is 9.37. The highest BCUT2D eigenvalue weighted by atomic mass is 32.2. The second-order valence-corrected chi connectivity index (χ2v) is 8.82. The van der Waals surface area contributed by atoms with Crippen molar-refractivity contribution in [2.24, 2.45) is 0 Å². The first kappa shape index (κ1) is 19.4. The molecular weight excluding hydrogens is 424 g/mol. The van der Waals surface area contributed by atoms with Gasteiger partial charge in [0.15, 0.2) is 22.5 Å². The van der Waals surface area contributed by atoms with Crippen molar-refractivity contribution >= 4 is 34.7 Å². The van der Waals surface area contributed by atoms with E-state index >= 15 is 0 Å². The predicted octanol–water partition coefficient (Wildman–Crippen LogP) is 3.65. The lowest BCUT2D eigenvalue weighted by atomic mass is 10.2. The lowest BCUT2D eigenvalue weighted by Gasteiger charge is -2.14. The molecule has 3 aromatic rings. The van der Waals surface area contributed by atoms with Gasteiger partial charge in [0.1, 0.15) is 0 Å². The van der Waals surface area contributed by atoms with Crippen molar-refractivity contribution in [1.82, 2.24) is 14.8 Å². The number of thiophene rings is 1. The third kappa shape index (κ3) is 4.16. The number of ether oxygens (including phenoxy) is 3. The van der Waals surface area contributed by atoms with Crippen LogP contribution in [0.1, 0.15) is 12.8 Å². The maximum atomic E-state index is 12.5. The average Bonchev–Trinajstić information content (AvgIpc) is 3.53. The molecule has 8 nitrogen and oxygen atoms in total. The monoisotopic (exact) mass is 444 g/mol. The van der Waals surface area contributed by atoms with E-state index in [0.29, 0.717) is 23.7 Å². The third-order valence-electron chi connectivity index (χ3n) is 4.86. The van der Waals surface area contributed by atoms with E-state index in [0.717, 1.165) is 35.3 Å². The summed E-state index contributed by atoms with van der Waals surface area (Å²) in [5, 5.41) is 14.4. The minimum Gasteiger partial charge on any atom is -0.454 e. The normalized spacial score (nSPS) is 17.4. The number of carbonyl (C=O) groups excluding carboxylic acids is 1. The number of fused-ring (bicyclic) bond motifs is 1. The number of nitrogens with zero attached hydrogens (tertiary/aromatic N) is 3. The molecule has 1 atom stereocenters. The van der Waals surface area contributed by atoms with Gasteiger partial charge in [-0.25, -0.2) is 0 Å². The molecule has 0 bridgehead atoms. The zero-order valence-corrected chi connectivity index (χ0v) is 17.7. The topological polar surface area (TPSA) is 87.5 Å². The molecule has 30 heavy (non-hydrogen) atoms. The van der Waals surface area contributed by atoms with Crippen LogP contribution in [0.2, 0.25) is 0 Å². The van der Waals surface area contributed by atoms with Crippen molar-refractivity contribution < 1.29 is 19.0 Å². The summed E-state index contributed by atoms with van der Waals surface area (Å²) in [5.41, 5.74) is 0.671. The fourth-order valence-electron chi connectivity index (χ4n) is 3.44. The Kier molecular flexibility index (Phi) is 5.60. The number of carbonyl (C=O) groups is 1. The molecule has 1 unspecified atom stereocenters. The molecule has 2 aliphatic rings. The van der Waals surface area contributed by atoms with Crippen molar-refractivity contribution in [3.63, 3.8) is 0 Å². The Hall–Kier alpha value is -2.56. The van der Waals surface area contributed by atoms with Crippen LogP contribution < -0.4 is 14.8 Å². The van der Waals surface area contributed by atoms with Gasteiger partial charge in [-0.05, 0) is 36.4 Å². The number of hydrogen-bond acceptors (Lipinski definition) is 8. The van der Waals surface area contributed by atoms with Crippen molar-refractivity contribution in [3.05, 3.63) is 35.7 Å². The van der Waals surface area contributed by atoms with Gasteiger partial charge < -0.3 is 19.5 Å². The molecule has 10 heteroatoms. The molecule has 1 aromatic carbocycles.